The second-order valence-corrected chi connectivity index (χ2v) is 7.75. The summed E-state index contributed by atoms with van der Waals surface area (Å²) in [5.74, 6) is 2.62. The molecule has 4 aromatic rings. The molecule has 0 fully saturated rings. The summed E-state index contributed by atoms with van der Waals surface area (Å²) in [5, 5.41) is 3.90. The number of aromatic nitrogens is 4. The number of aryl methyl sites for hydroxylation is 1. The molecule has 29 heavy (non-hydrogen) atoms. The monoisotopic (exact) mass is 411 g/mol. The maximum Gasteiger partial charge on any atom is 0.268 e. The van der Waals surface area contributed by atoms with Crippen LogP contribution in [0.1, 0.15) is 24.5 Å². The van der Waals surface area contributed by atoms with E-state index < -0.39 is 0 Å². The van der Waals surface area contributed by atoms with E-state index in [9.17, 15) is 4.79 Å². The second kappa shape index (κ2) is 8.14. The van der Waals surface area contributed by atoms with Gasteiger partial charge >= 0.3 is 0 Å². The molecule has 0 atom stereocenters. The van der Waals surface area contributed by atoms with Crippen molar-refractivity contribution in [1.29, 1.82) is 0 Å². The maximum absolute atomic E-state index is 12.6. The molecule has 0 unspecified atom stereocenters. The molecular formula is C20H21N5O3S. The van der Waals surface area contributed by atoms with Crippen molar-refractivity contribution in [2.45, 2.75) is 26.4 Å². The molecule has 3 aromatic heterocycles. The lowest BCUT2D eigenvalue weighted by Crippen LogP contribution is -2.21. The van der Waals surface area contributed by atoms with Gasteiger partial charge in [0.15, 0.2) is 5.82 Å². The minimum Gasteiger partial charge on any atom is -0.497 e. The minimum absolute atomic E-state index is 0.130. The number of hydrogen-bond acceptors (Lipinski definition) is 8. The van der Waals surface area contributed by atoms with Crippen molar-refractivity contribution >= 4 is 21.6 Å². The normalized spacial score (nSPS) is 11.4. The van der Waals surface area contributed by atoms with Crippen LogP contribution in [0.25, 0.3) is 20.7 Å². The fourth-order valence-corrected chi connectivity index (χ4v) is 4.00. The average Bonchev–Trinajstić information content (AvgIpc) is 3.35. The third kappa shape index (κ3) is 4.20. The molecular weight excluding hydrogens is 390 g/mol. The van der Waals surface area contributed by atoms with Crippen LogP contribution in [0.4, 0.5) is 0 Å². The molecule has 1 aromatic carbocycles. The molecule has 0 aliphatic heterocycles. The number of rotatable bonds is 7. The Morgan fingerprint density at radius 2 is 2.00 bits per heavy atom. The number of nitrogens with one attached hydrogen (secondary N) is 1. The lowest BCUT2D eigenvalue weighted by atomic mass is 10.2. The molecule has 0 saturated carbocycles. The third-order valence-corrected chi connectivity index (χ3v) is 5.63. The van der Waals surface area contributed by atoms with Crippen LogP contribution >= 0.6 is 11.3 Å². The lowest BCUT2D eigenvalue weighted by Gasteiger charge is -2.13. The van der Waals surface area contributed by atoms with Gasteiger partial charge in [0.2, 0.25) is 5.89 Å². The summed E-state index contributed by atoms with van der Waals surface area (Å²) < 4.78 is 11.0. The van der Waals surface area contributed by atoms with E-state index in [0.29, 0.717) is 40.8 Å². The van der Waals surface area contributed by atoms with E-state index in [4.69, 9.17) is 9.26 Å². The predicted octanol–water partition coefficient (Wildman–Crippen LogP) is 3.24. The van der Waals surface area contributed by atoms with Crippen molar-refractivity contribution in [2.24, 2.45) is 0 Å². The first-order valence-electron chi connectivity index (χ1n) is 9.23. The summed E-state index contributed by atoms with van der Waals surface area (Å²) in [4.78, 5) is 27.3. The zero-order valence-electron chi connectivity index (χ0n) is 16.4. The van der Waals surface area contributed by atoms with Crippen molar-refractivity contribution in [2.75, 3.05) is 14.2 Å². The van der Waals surface area contributed by atoms with Gasteiger partial charge in [0.1, 0.15) is 16.3 Å². The van der Waals surface area contributed by atoms with Crippen LogP contribution in [0.5, 0.6) is 5.75 Å². The quantitative estimate of drug-likeness (QED) is 0.499. The van der Waals surface area contributed by atoms with Gasteiger partial charge in [-0.15, -0.1) is 11.3 Å². The molecule has 4 rings (SSSR count). The van der Waals surface area contributed by atoms with E-state index in [2.05, 4.69) is 20.1 Å². The Morgan fingerprint density at radius 1 is 1.21 bits per heavy atom. The molecule has 150 valence electrons. The summed E-state index contributed by atoms with van der Waals surface area (Å²) in [6.45, 7) is 2.92. The van der Waals surface area contributed by atoms with Crippen LogP contribution in [0.2, 0.25) is 0 Å². The Labute approximate surface area is 171 Å². The van der Waals surface area contributed by atoms with Crippen LogP contribution < -0.4 is 10.3 Å². The van der Waals surface area contributed by atoms with Crippen molar-refractivity contribution in [3.63, 3.8) is 0 Å². The number of H-pyrrole nitrogens is 1. The zero-order valence-corrected chi connectivity index (χ0v) is 17.2. The van der Waals surface area contributed by atoms with Crippen molar-refractivity contribution in [1.82, 2.24) is 25.0 Å². The number of fused-ring (bicyclic) bond motifs is 1. The van der Waals surface area contributed by atoms with Gasteiger partial charge in [0, 0.05) is 11.3 Å². The number of thiophene rings is 1. The number of nitrogens with zero attached hydrogens (tertiary/aromatic N) is 4. The van der Waals surface area contributed by atoms with E-state index in [1.54, 1.807) is 7.11 Å². The van der Waals surface area contributed by atoms with Crippen LogP contribution in [-0.2, 0) is 19.5 Å². The highest BCUT2D eigenvalue weighted by molar-refractivity contribution is 7.22. The Kier molecular flexibility index (Phi) is 5.41. The maximum atomic E-state index is 12.6. The molecule has 8 nitrogen and oxygen atoms in total. The number of hydrogen-bond donors (Lipinski definition) is 1. The Morgan fingerprint density at radius 3 is 2.69 bits per heavy atom. The standard InChI is InChI=1S/C20H21N5O3S/c1-4-16-22-18(28-24-16)11-25(2)10-17-21-14-9-15(29-19(14)20(26)23-17)12-5-7-13(27-3)8-6-12/h5-9H,4,10-11H2,1-3H3,(H,21,23,26). The first kappa shape index (κ1) is 19.3. The highest BCUT2D eigenvalue weighted by Gasteiger charge is 2.13. The van der Waals surface area contributed by atoms with Gasteiger partial charge in [-0.05, 0) is 42.9 Å². The summed E-state index contributed by atoms with van der Waals surface area (Å²) in [6.07, 6.45) is 0.730. The number of benzene rings is 1. The highest BCUT2D eigenvalue weighted by Crippen LogP contribution is 2.31. The van der Waals surface area contributed by atoms with Gasteiger partial charge in [0.25, 0.3) is 5.56 Å². The van der Waals surface area contributed by atoms with E-state index in [1.807, 2.05) is 49.2 Å². The first-order chi connectivity index (χ1) is 14.1. The average molecular weight is 411 g/mol. The SMILES string of the molecule is CCc1noc(CN(C)Cc2nc3cc(-c4ccc(OC)cc4)sc3c(=O)[nH]2)n1. The number of ether oxygens (including phenoxy) is 1. The largest absolute Gasteiger partial charge is 0.497 e. The van der Waals surface area contributed by atoms with E-state index in [0.717, 1.165) is 22.6 Å². The van der Waals surface area contributed by atoms with Crippen molar-refractivity contribution < 1.29 is 9.26 Å². The minimum atomic E-state index is -0.130. The first-order valence-corrected chi connectivity index (χ1v) is 10.0. The summed E-state index contributed by atoms with van der Waals surface area (Å²) in [5.41, 5.74) is 1.59. The van der Waals surface area contributed by atoms with E-state index in [-0.39, 0.29) is 5.56 Å². The molecule has 0 amide bonds. The summed E-state index contributed by atoms with van der Waals surface area (Å²) in [7, 11) is 3.55. The van der Waals surface area contributed by atoms with Gasteiger partial charge in [-0.1, -0.05) is 12.1 Å². The fourth-order valence-electron chi connectivity index (χ4n) is 3.00. The molecule has 0 saturated heterocycles. The lowest BCUT2D eigenvalue weighted by molar-refractivity contribution is 0.255. The van der Waals surface area contributed by atoms with Crippen molar-refractivity contribution in [3.8, 4) is 16.2 Å². The summed E-state index contributed by atoms with van der Waals surface area (Å²) >= 11 is 1.43. The molecule has 9 heteroatoms. The van der Waals surface area contributed by atoms with Gasteiger partial charge < -0.3 is 14.2 Å². The third-order valence-electron chi connectivity index (χ3n) is 4.46. The van der Waals surface area contributed by atoms with Crippen LogP contribution in [-0.4, -0.2) is 39.2 Å². The molecule has 0 radical (unpaired) electrons. The second-order valence-electron chi connectivity index (χ2n) is 6.70. The zero-order chi connectivity index (χ0) is 20.4. The molecule has 0 aliphatic rings. The molecule has 1 N–H and O–H groups in total. The van der Waals surface area contributed by atoms with E-state index in [1.165, 1.54) is 11.3 Å². The highest BCUT2D eigenvalue weighted by atomic mass is 32.1. The number of methoxy groups -OCH3 is 1. The Balaban J connectivity index is 1.55. The molecule has 3 heterocycles. The summed E-state index contributed by atoms with van der Waals surface area (Å²) in [6, 6.07) is 9.70. The van der Waals surface area contributed by atoms with Gasteiger partial charge in [-0.2, -0.15) is 4.98 Å². The molecule has 0 aliphatic carbocycles. The van der Waals surface area contributed by atoms with E-state index >= 15 is 0 Å². The predicted molar refractivity (Wildman–Crippen MR) is 111 cm³/mol. The smallest absolute Gasteiger partial charge is 0.268 e. The Bertz CT molecular complexity index is 1180. The van der Waals surface area contributed by atoms with Crippen LogP contribution in [0.15, 0.2) is 39.6 Å². The van der Waals surface area contributed by atoms with Crippen LogP contribution in [0, 0.1) is 0 Å². The van der Waals surface area contributed by atoms with Gasteiger partial charge in [0.05, 0.1) is 25.7 Å². The van der Waals surface area contributed by atoms with Crippen molar-refractivity contribution in [3.05, 3.63) is 58.2 Å². The number of aromatic amines is 1. The molecule has 0 bridgehead atoms. The fraction of sp³-hybridized carbons (Fsp3) is 0.300. The van der Waals surface area contributed by atoms with Crippen LogP contribution in [0.3, 0.4) is 0 Å². The van der Waals surface area contributed by atoms with Gasteiger partial charge in [-0.25, -0.2) is 4.98 Å². The Hall–Kier alpha value is -3.04. The topological polar surface area (TPSA) is 97.1 Å². The van der Waals surface area contributed by atoms with Gasteiger partial charge in [-0.3, -0.25) is 9.69 Å². The molecule has 0 spiro atoms.